The Morgan fingerprint density at radius 2 is 1.51 bits per heavy atom. The van der Waals surface area contributed by atoms with Crippen molar-refractivity contribution in [3.8, 4) is 11.5 Å². The molecule has 1 aliphatic rings. The summed E-state index contributed by atoms with van der Waals surface area (Å²) in [5, 5.41) is 1.70. The van der Waals surface area contributed by atoms with Crippen molar-refractivity contribution in [3.63, 3.8) is 0 Å². The summed E-state index contributed by atoms with van der Waals surface area (Å²) >= 11 is 0. The van der Waals surface area contributed by atoms with Gasteiger partial charge in [0.15, 0.2) is 0 Å². The van der Waals surface area contributed by atoms with Crippen LogP contribution in [0.2, 0.25) is 0 Å². The molecule has 5 nitrogen and oxygen atoms in total. The van der Waals surface area contributed by atoms with Crippen molar-refractivity contribution in [2.75, 3.05) is 13.2 Å². The van der Waals surface area contributed by atoms with E-state index in [1.54, 1.807) is 0 Å². The van der Waals surface area contributed by atoms with E-state index in [0.717, 1.165) is 34.9 Å². The molecule has 206 valence electrons. The van der Waals surface area contributed by atoms with Crippen LogP contribution in [-0.2, 0) is 9.53 Å². The second kappa shape index (κ2) is 14.5. The fourth-order valence-corrected chi connectivity index (χ4v) is 5.41. The maximum absolute atomic E-state index is 13.0. The van der Waals surface area contributed by atoms with Crippen molar-refractivity contribution in [2.45, 2.75) is 70.6 Å². The maximum Gasteiger partial charge on any atom is 0.343 e. The minimum Gasteiger partial charge on any atom is -0.493 e. The number of esters is 2. The first-order valence-electron chi connectivity index (χ1n) is 14.3. The lowest BCUT2D eigenvalue weighted by Gasteiger charge is -2.28. The van der Waals surface area contributed by atoms with Crippen LogP contribution in [0.15, 0.2) is 73.3 Å². The third kappa shape index (κ3) is 7.95. The van der Waals surface area contributed by atoms with E-state index in [-0.39, 0.29) is 5.97 Å². The van der Waals surface area contributed by atoms with Gasteiger partial charge < -0.3 is 14.2 Å². The molecule has 0 atom stereocenters. The van der Waals surface area contributed by atoms with Crippen molar-refractivity contribution >= 4 is 22.7 Å². The summed E-state index contributed by atoms with van der Waals surface area (Å²) < 4.78 is 16.8. The van der Waals surface area contributed by atoms with Gasteiger partial charge >= 0.3 is 11.9 Å². The molecule has 3 aromatic rings. The molecule has 3 aromatic carbocycles. The molecule has 1 fully saturated rings. The number of hydrogen-bond donors (Lipinski definition) is 0. The van der Waals surface area contributed by atoms with Crippen molar-refractivity contribution in [2.24, 2.45) is 5.92 Å². The molecule has 0 amide bonds. The molecule has 0 bridgehead atoms. The van der Waals surface area contributed by atoms with E-state index in [0.29, 0.717) is 36.9 Å². The predicted molar refractivity (Wildman–Crippen MR) is 155 cm³/mol. The summed E-state index contributed by atoms with van der Waals surface area (Å²) in [5.74, 6) is 1.93. The summed E-state index contributed by atoms with van der Waals surface area (Å²) in [5.41, 5.74) is 1.88. The Morgan fingerprint density at radius 3 is 2.21 bits per heavy atom. The van der Waals surface area contributed by atoms with Crippen LogP contribution in [0, 0.1) is 5.92 Å². The summed E-state index contributed by atoms with van der Waals surface area (Å²) in [4.78, 5) is 24.1. The van der Waals surface area contributed by atoms with E-state index in [4.69, 9.17) is 14.2 Å². The number of ether oxygens (including phenoxy) is 3. The largest absolute Gasteiger partial charge is 0.493 e. The van der Waals surface area contributed by atoms with Crippen LogP contribution >= 0.6 is 0 Å². The molecule has 0 spiro atoms. The Morgan fingerprint density at radius 1 is 0.846 bits per heavy atom. The van der Waals surface area contributed by atoms with Gasteiger partial charge in [-0.15, -0.1) is 0 Å². The van der Waals surface area contributed by atoms with Gasteiger partial charge in [-0.1, -0.05) is 69.2 Å². The Bertz CT molecular complexity index is 1240. The van der Waals surface area contributed by atoms with Gasteiger partial charge in [0.1, 0.15) is 11.5 Å². The first-order valence-corrected chi connectivity index (χ1v) is 14.3. The number of benzene rings is 3. The quantitative estimate of drug-likeness (QED) is 0.0964. The zero-order valence-electron chi connectivity index (χ0n) is 23.0. The molecular weight excluding hydrogens is 488 g/mol. The van der Waals surface area contributed by atoms with Crippen LogP contribution in [0.5, 0.6) is 11.5 Å². The molecule has 0 aliphatic heterocycles. The minimum atomic E-state index is -0.414. The minimum absolute atomic E-state index is 0.338. The highest BCUT2D eigenvalue weighted by Gasteiger charge is 2.22. The van der Waals surface area contributed by atoms with E-state index >= 15 is 0 Å². The molecule has 0 radical (unpaired) electrons. The molecular formula is C34H40O5. The average molecular weight is 529 g/mol. The molecule has 0 N–H and O–H groups in total. The Balaban J connectivity index is 1.33. The highest BCUT2D eigenvalue weighted by atomic mass is 16.5. The van der Waals surface area contributed by atoms with Gasteiger partial charge in [0.05, 0.1) is 18.8 Å². The average Bonchev–Trinajstić information content (AvgIpc) is 2.98. The van der Waals surface area contributed by atoms with Gasteiger partial charge in [-0.3, -0.25) is 0 Å². The highest BCUT2D eigenvalue weighted by Crippen LogP contribution is 2.38. The number of rotatable bonds is 13. The van der Waals surface area contributed by atoms with Crippen LogP contribution in [-0.4, -0.2) is 25.2 Å². The maximum atomic E-state index is 13.0. The second-order valence-electron chi connectivity index (χ2n) is 10.4. The summed E-state index contributed by atoms with van der Waals surface area (Å²) in [7, 11) is 0. The van der Waals surface area contributed by atoms with E-state index in [1.807, 2.05) is 48.5 Å². The fourth-order valence-electron chi connectivity index (χ4n) is 5.41. The predicted octanol–water partition coefficient (Wildman–Crippen LogP) is 8.41. The smallest absolute Gasteiger partial charge is 0.343 e. The van der Waals surface area contributed by atoms with Crippen LogP contribution < -0.4 is 9.47 Å². The highest BCUT2D eigenvalue weighted by molar-refractivity contribution is 5.97. The summed E-state index contributed by atoms with van der Waals surface area (Å²) in [6, 6.07) is 19.4. The SMILES string of the molecule is C=CC(=O)OCCCCOc1cccc2c(OC(=O)c3ccc(C4CCC(CCCC)CC4)cc3)cccc12. The van der Waals surface area contributed by atoms with Gasteiger partial charge in [-0.25, -0.2) is 9.59 Å². The fraction of sp³-hybridized carbons (Fsp3) is 0.412. The standard InChI is InChI=1S/C34H40O5/c1-3-5-10-25-15-17-26(18-16-25)27-19-21-28(22-20-27)34(36)39-32-14-9-11-29-30(32)12-8-13-31(29)37-23-6-7-24-38-33(35)4-2/h4,8-9,11-14,19-22,25-26H,2-3,5-7,10,15-18,23-24H2,1H3. The zero-order chi connectivity index (χ0) is 27.5. The van der Waals surface area contributed by atoms with Crippen LogP contribution in [0.3, 0.4) is 0 Å². The normalized spacial score (nSPS) is 16.9. The monoisotopic (exact) mass is 528 g/mol. The molecule has 4 rings (SSSR count). The van der Waals surface area contributed by atoms with Crippen molar-refractivity contribution in [3.05, 3.63) is 84.4 Å². The van der Waals surface area contributed by atoms with Gasteiger partial charge in [0.25, 0.3) is 0 Å². The van der Waals surface area contributed by atoms with E-state index < -0.39 is 5.97 Å². The van der Waals surface area contributed by atoms with Crippen LogP contribution in [0.4, 0.5) is 0 Å². The third-order valence-corrected chi connectivity index (χ3v) is 7.68. The van der Waals surface area contributed by atoms with Gasteiger partial charge in [-0.2, -0.15) is 0 Å². The van der Waals surface area contributed by atoms with Gasteiger partial charge in [-0.05, 0) is 80.2 Å². The Labute approximate surface area is 232 Å². The zero-order valence-corrected chi connectivity index (χ0v) is 23.0. The molecule has 39 heavy (non-hydrogen) atoms. The molecule has 1 saturated carbocycles. The molecule has 5 heteroatoms. The number of carbonyl (C=O) groups excluding carboxylic acids is 2. The number of hydrogen-bond acceptors (Lipinski definition) is 5. The summed E-state index contributed by atoms with van der Waals surface area (Å²) in [6.45, 7) is 6.48. The summed E-state index contributed by atoms with van der Waals surface area (Å²) in [6.07, 6.45) is 11.7. The molecule has 0 unspecified atom stereocenters. The van der Waals surface area contributed by atoms with Gasteiger partial charge in [0, 0.05) is 16.8 Å². The lowest BCUT2D eigenvalue weighted by Crippen LogP contribution is -2.14. The number of fused-ring (bicyclic) bond motifs is 1. The second-order valence-corrected chi connectivity index (χ2v) is 10.4. The van der Waals surface area contributed by atoms with Crippen LogP contribution in [0.25, 0.3) is 10.8 Å². The molecule has 1 aliphatic carbocycles. The Hall–Kier alpha value is -3.60. The number of unbranched alkanes of at least 4 members (excludes halogenated alkanes) is 2. The Kier molecular flexibility index (Phi) is 10.6. The molecule has 0 heterocycles. The lowest BCUT2D eigenvalue weighted by molar-refractivity contribution is -0.137. The van der Waals surface area contributed by atoms with Crippen LogP contribution in [0.1, 0.15) is 86.6 Å². The number of carbonyl (C=O) groups is 2. The third-order valence-electron chi connectivity index (χ3n) is 7.68. The molecule has 0 saturated heterocycles. The van der Waals surface area contributed by atoms with E-state index in [9.17, 15) is 9.59 Å². The topological polar surface area (TPSA) is 61.8 Å². The lowest BCUT2D eigenvalue weighted by atomic mass is 9.77. The first-order chi connectivity index (χ1) is 19.1. The van der Waals surface area contributed by atoms with E-state index in [2.05, 4.69) is 25.6 Å². The molecule has 0 aromatic heterocycles. The van der Waals surface area contributed by atoms with E-state index in [1.165, 1.54) is 50.5 Å². The van der Waals surface area contributed by atoms with Gasteiger partial charge in [0.2, 0.25) is 0 Å². The van der Waals surface area contributed by atoms with Crippen molar-refractivity contribution in [1.29, 1.82) is 0 Å². The first kappa shape index (κ1) is 28.4. The van der Waals surface area contributed by atoms with Crippen molar-refractivity contribution in [1.82, 2.24) is 0 Å². The van der Waals surface area contributed by atoms with Crippen molar-refractivity contribution < 1.29 is 23.8 Å².